The minimum absolute atomic E-state index is 0.166. The van der Waals surface area contributed by atoms with E-state index in [0.717, 1.165) is 12.8 Å². The lowest BCUT2D eigenvalue weighted by molar-refractivity contribution is -0.0903. The molecule has 1 atom stereocenters. The topological polar surface area (TPSA) is 29.3 Å². The van der Waals surface area contributed by atoms with E-state index >= 15 is 0 Å². The average molecular weight is 206 g/mol. The van der Waals surface area contributed by atoms with Gasteiger partial charge in [0.2, 0.25) is 0 Å². The Kier molecular flexibility index (Phi) is 3.84. The van der Waals surface area contributed by atoms with E-state index < -0.39 is 12.0 Å². The molecule has 1 saturated heterocycles. The summed E-state index contributed by atoms with van der Waals surface area (Å²) in [5.41, 5.74) is 5.38. The van der Waals surface area contributed by atoms with Crippen molar-refractivity contribution in [2.24, 2.45) is 5.73 Å². The fourth-order valence-corrected chi connectivity index (χ4v) is 2.10. The van der Waals surface area contributed by atoms with Crippen LogP contribution in [0.25, 0.3) is 0 Å². The zero-order valence-electron chi connectivity index (χ0n) is 8.97. The summed E-state index contributed by atoms with van der Waals surface area (Å²) in [6.45, 7) is 4.63. The van der Waals surface area contributed by atoms with E-state index in [1.165, 1.54) is 0 Å². The Morgan fingerprint density at radius 1 is 1.43 bits per heavy atom. The summed E-state index contributed by atoms with van der Waals surface area (Å²) >= 11 is 0. The molecule has 0 bridgehead atoms. The largest absolute Gasteiger partial charge is 0.323 e. The van der Waals surface area contributed by atoms with E-state index in [0.29, 0.717) is 13.0 Å². The predicted molar refractivity (Wildman–Crippen MR) is 53.5 cm³/mol. The van der Waals surface area contributed by atoms with Crippen molar-refractivity contribution in [3.05, 3.63) is 0 Å². The molecule has 0 radical (unpaired) electrons. The summed E-state index contributed by atoms with van der Waals surface area (Å²) in [5, 5.41) is 0. The van der Waals surface area contributed by atoms with Gasteiger partial charge in [0.15, 0.2) is 0 Å². The first kappa shape index (κ1) is 11.9. The minimum atomic E-state index is -2.71. The van der Waals surface area contributed by atoms with Crippen LogP contribution in [0.4, 0.5) is 8.78 Å². The van der Waals surface area contributed by atoms with E-state index in [4.69, 9.17) is 5.73 Å². The van der Waals surface area contributed by atoms with Crippen LogP contribution in [0.15, 0.2) is 0 Å². The number of nitrogens with zero attached hydrogens (tertiary/aromatic N) is 1. The van der Waals surface area contributed by atoms with Gasteiger partial charge in [0.05, 0.1) is 12.6 Å². The number of halogens is 2. The summed E-state index contributed by atoms with van der Waals surface area (Å²) in [5.74, 6) is -2.71. The highest BCUT2D eigenvalue weighted by molar-refractivity contribution is 4.91. The van der Waals surface area contributed by atoms with Gasteiger partial charge in [0.25, 0.3) is 5.92 Å². The van der Waals surface area contributed by atoms with Crippen molar-refractivity contribution in [1.29, 1.82) is 0 Å². The van der Waals surface area contributed by atoms with Gasteiger partial charge in [-0.2, -0.15) is 0 Å². The smallest absolute Gasteiger partial charge is 0.275 e. The van der Waals surface area contributed by atoms with Crippen molar-refractivity contribution in [3.8, 4) is 0 Å². The van der Waals surface area contributed by atoms with Gasteiger partial charge in [0.1, 0.15) is 0 Å². The molecule has 0 amide bonds. The molecule has 2 nitrogen and oxygen atoms in total. The third-order valence-electron chi connectivity index (χ3n) is 3.14. The number of alkyl halides is 2. The van der Waals surface area contributed by atoms with Gasteiger partial charge in [-0.05, 0) is 19.3 Å². The Morgan fingerprint density at radius 2 is 2.00 bits per heavy atom. The van der Waals surface area contributed by atoms with Crippen LogP contribution in [0.5, 0.6) is 0 Å². The van der Waals surface area contributed by atoms with Crippen LogP contribution in [-0.4, -0.2) is 36.0 Å². The SMILES string of the molecule is CCC(CC)N1CCC(N)C(F)(F)C1. The van der Waals surface area contributed by atoms with Crippen LogP contribution in [0.1, 0.15) is 33.1 Å². The van der Waals surface area contributed by atoms with E-state index in [9.17, 15) is 8.78 Å². The van der Waals surface area contributed by atoms with Crippen LogP contribution in [-0.2, 0) is 0 Å². The van der Waals surface area contributed by atoms with Gasteiger partial charge in [-0.3, -0.25) is 4.90 Å². The summed E-state index contributed by atoms with van der Waals surface area (Å²) in [6.07, 6.45) is 2.27. The number of piperidine rings is 1. The molecule has 84 valence electrons. The second kappa shape index (κ2) is 4.53. The van der Waals surface area contributed by atoms with Crippen molar-refractivity contribution in [2.75, 3.05) is 13.1 Å². The molecule has 1 unspecified atom stereocenters. The molecule has 2 N–H and O–H groups in total. The molecule has 1 rings (SSSR count). The average Bonchev–Trinajstić information content (AvgIpc) is 2.13. The highest BCUT2D eigenvalue weighted by atomic mass is 19.3. The molecule has 1 aliphatic rings. The fraction of sp³-hybridized carbons (Fsp3) is 1.00. The third kappa shape index (κ3) is 2.42. The normalized spacial score (nSPS) is 28.3. The standard InChI is InChI=1S/C10H20F2N2/c1-3-8(4-2)14-6-5-9(13)10(11,12)7-14/h8-9H,3-7,13H2,1-2H3. The summed E-state index contributed by atoms with van der Waals surface area (Å²) in [6, 6.07) is -0.665. The lowest BCUT2D eigenvalue weighted by Crippen LogP contribution is -2.57. The number of hydrogen-bond acceptors (Lipinski definition) is 2. The Balaban J connectivity index is 2.58. The van der Waals surface area contributed by atoms with Crippen LogP contribution in [0.3, 0.4) is 0 Å². The maximum absolute atomic E-state index is 13.3. The first-order valence-corrected chi connectivity index (χ1v) is 5.38. The Labute approximate surface area is 84.4 Å². The van der Waals surface area contributed by atoms with Crippen molar-refractivity contribution >= 4 is 0 Å². The molecule has 0 aliphatic carbocycles. The highest BCUT2D eigenvalue weighted by Crippen LogP contribution is 2.28. The van der Waals surface area contributed by atoms with Crippen LogP contribution in [0, 0.1) is 0 Å². The molecule has 0 aromatic carbocycles. The van der Waals surface area contributed by atoms with Gasteiger partial charge in [-0.15, -0.1) is 0 Å². The number of nitrogens with two attached hydrogens (primary N) is 1. The zero-order valence-corrected chi connectivity index (χ0v) is 8.97. The fourth-order valence-electron chi connectivity index (χ4n) is 2.10. The summed E-state index contributed by atoms with van der Waals surface area (Å²) in [7, 11) is 0. The molecule has 14 heavy (non-hydrogen) atoms. The quantitative estimate of drug-likeness (QED) is 0.763. The number of rotatable bonds is 3. The molecule has 0 aromatic heterocycles. The van der Waals surface area contributed by atoms with Gasteiger partial charge in [0, 0.05) is 12.6 Å². The van der Waals surface area contributed by atoms with E-state index in [2.05, 4.69) is 0 Å². The number of likely N-dealkylation sites (tertiary alicyclic amines) is 1. The summed E-state index contributed by atoms with van der Waals surface area (Å²) < 4.78 is 26.6. The second-order valence-corrected chi connectivity index (χ2v) is 4.10. The van der Waals surface area contributed by atoms with Crippen LogP contribution < -0.4 is 5.73 Å². The minimum Gasteiger partial charge on any atom is -0.323 e. The molecule has 4 heteroatoms. The molecule has 1 aliphatic heterocycles. The zero-order chi connectivity index (χ0) is 10.8. The van der Waals surface area contributed by atoms with E-state index in [-0.39, 0.29) is 12.6 Å². The monoisotopic (exact) mass is 206 g/mol. The van der Waals surface area contributed by atoms with Crippen LogP contribution in [0.2, 0.25) is 0 Å². The van der Waals surface area contributed by atoms with Crippen molar-refractivity contribution < 1.29 is 8.78 Å². The Bertz CT molecular complexity index is 181. The molecule has 1 fully saturated rings. The summed E-state index contributed by atoms with van der Waals surface area (Å²) in [4.78, 5) is 1.88. The van der Waals surface area contributed by atoms with Crippen molar-refractivity contribution in [1.82, 2.24) is 4.90 Å². The Hall–Kier alpha value is -0.220. The third-order valence-corrected chi connectivity index (χ3v) is 3.14. The second-order valence-electron chi connectivity index (χ2n) is 4.10. The molecule has 1 heterocycles. The lowest BCUT2D eigenvalue weighted by atomic mass is 9.98. The highest BCUT2D eigenvalue weighted by Gasteiger charge is 2.43. The number of hydrogen-bond donors (Lipinski definition) is 1. The van der Waals surface area contributed by atoms with Gasteiger partial charge in [-0.1, -0.05) is 13.8 Å². The van der Waals surface area contributed by atoms with Gasteiger partial charge >= 0.3 is 0 Å². The molecule has 0 saturated carbocycles. The molecular formula is C10H20F2N2. The van der Waals surface area contributed by atoms with Gasteiger partial charge < -0.3 is 5.73 Å². The predicted octanol–water partition coefficient (Wildman–Crippen LogP) is 1.84. The van der Waals surface area contributed by atoms with Crippen molar-refractivity contribution in [2.45, 2.75) is 51.1 Å². The lowest BCUT2D eigenvalue weighted by Gasteiger charge is -2.40. The van der Waals surface area contributed by atoms with E-state index in [1.807, 2.05) is 18.7 Å². The van der Waals surface area contributed by atoms with Gasteiger partial charge in [-0.25, -0.2) is 8.78 Å². The molecule has 0 spiro atoms. The molecular weight excluding hydrogens is 186 g/mol. The Morgan fingerprint density at radius 3 is 2.43 bits per heavy atom. The van der Waals surface area contributed by atoms with Crippen molar-refractivity contribution in [3.63, 3.8) is 0 Å². The first-order valence-electron chi connectivity index (χ1n) is 5.38. The molecule has 0 aromatic rings. The van der Waals surface area contributed by atoms with Crippen LogP contribution >= 0.6 is 0 Å². The maximum atomic E-state index is 13.3. The van der Waals surface area contributed by atoms with E-state index in [1.54, 1.807) is 0 Å². The maximum Gasteiger partial charge on any atom is 0.275 e. The first-order chi connectivity index (χ1) is 6.51.